The number of thiazole rings is 1. The number of aliphatic carboxylic acids is 1. The molecule has 1 atom stereocenters. The summed E-state index contributed by atoms with van der Waals surface area (Å²) in [6.07, 6.45) is 0. The summed E-state index contributed by atoms with van der Waals surface area (Å²) in [4.78, 5) is 27.5. The van der Waals surface area contributed by atoms with Crippen LogP contribution in [-0.2, 0) is 4.79 Å². The van der Waals surface area contributed by atoms with Crippen LogP contribution in [0.1, 0.15) is 27.0 Å². The van der Waals surface area contributed by atoms with Crippen LogP contribution in [0, 0.1) is 12.7 Å². The topological polar surface area (TPSA) is 79.3 Å². The number of hydrogen-bond acceptors (Lipinski definition) is 4. The molecule has 2 rings (SSSR count). The molecular weight excluding hydrogens is 283 g/mol. The Kier molecular flexibility index (Phi) is 4.09. The van der Waals surface area contributed by atoms with Gasteiger partial charge in [-0.05, 0) is 13.0 Å². The third kappa shape index (κ3) is 2.83. The highest BCUT2D eigenvalue weighted by Crippen LogP contribution is 2.19. The first-order chi connectivity index (χ1) is 9.50. The number of halogens is 1. The molecule has 5 nitrogen and oxygen atoms in total. The molecular formula is C13H11FN2O3S. The smallest absolute Gasteiger partial charge is 0.331 e. The highest BCUT2D eigenvalue weighted by atomic mass is 32.1. The molecule has 0 aliphatic rings. The second-order valence-electron chi connectivity index (χ2n) is 4.03. The largest absolute Gasteiger partial charge is 0.479 e. The fraction of sp³-hybridized carbons (Fsp3) is 0.154. The number of nitrogens with zero attached hydrogens (tertiary/aromatic N) is 1. The van der Waals surface area contributed by atoms with Crippen LogP contribution in [0.15, 0.2) is 29.8 Å². The van der Waals surface area contributed by atoms with Gasteiger partial charge in [-0.2, -0.15) is 0 Å². The first kappa shape index (κ1) is 14.1. The van der Waals surface area contributed by atoms with Crippen LogP contribution >= 0.6 is 11.3 Å². The van der Waals surface area contributed by atoms with Crippen LogP contribution in [0.3, 0.4) is 0 Å². The van der Waals surface area contributed by atoms with Gasteiger partial charge in [0.25, 0.3) is 5.91 Å². The van der Waals surface area contributed by atoms with Gasteiger partial charge in [-0.3, -0.25) is 4.79 Å². The van der Waals surface area contributed by atoms with Crippen LogP contribution in [0.2, 0.25) is 0 Å². The lowest BCUT2D eigenvalue weighted by atomic mass is 10.1. The standard InChI is InChI=1S/C13H11FN2O3S/c1-7-11(20-6-15-7)12(17)16-10(13(18)19)8-4-2-3-5-9(8)14/h2-6,10H,1H3,(H,16,17)(H,18,19). The van der Waals surface area contributed by atoms with Gasteiger partial charge in [0, 0.05) is 5.56 Å². The van der Waals surface area contributed by atoms with Crippen molar-refractivity contribution in [2.75, 3.05) is 0 Å². The first-order valence-electron chi connectivity index (χ1n) is 5.69. The summed E-state index contributed by atoms with van der Waals surface area (Å²) in [5, 5.41) is 11.5. The summed E-state index contributed by atoms with van der Waals surface area (Å²) in [6.45, 7) is 1.64. The maximum Gasteiger partial charge on any atom is 0.331 e. The number of aryl methyl sites for hydroxylation is 1. The van der Waals surface area contributed by atoms with Crippen LogP contribution in [0.4, 0.5) is 4.39 Å². The number of carbonyl (C=O) groups is 2. The molecule has 1 aromatic heterocycles. The van der Waals surface area contributed by atoms with Crippen molar-refractivity contribution in [2.24, 2.45) is 0 Å². The van der Waals surface area contributed by atoms with Gasteiger partial charge in [0.1, 0.15) is 10.7 Å². The number of rotatable bonds is 4. The number of nitrogens with one attached hydrogen (secondary N) is 1. The van der Waals surface area contributed by atoms with E-state index in [-0.39, 0.29) is 5.56 Å². The fourth-order valence-electron chi connectivity index (χ4n) is 1.70. The quantitative estimate of drug-likeness (QED) is 0.905. The van der Waals surface area contributed by atoms with Gasteiger partial charge in [-0.25, -0.2) is 14.2 Å². The van der Waals surface area contributed by atoms with Crippen molar-refractivity contribution in [1.29, 1.82) is 0 Å². The van der Waals surface area contributed by atoms with Crippen LogP contribution < -0.4 is 5.32 Å². The number of amides is 1. The monoisotopic (exact) mass is 294 g/mol. The summed E-state index contributed by atoms with van der Waals surface area (Å²) in [5.41, 5.74) is 1.91. The van der Waals surface area contributed by atoms with E-state index in [1.165, 1.54) is 23.7 Å². The zero-order valence-electron chi connectivity index (χ0n) is 10.5. The molecule has 0 saturated heterocycles. The van der Waals surface area contributed by atoms with Crippen LogP contribution in [0.5, 0.6) is 0 Å². The molecule has 0 aliphatic carbocycles. The van der Waals surface area contributed by atoms with E-state index in [0.717, 1.165) is 17.4 Å². The van der Waals surface area contributed by atoms with Crippen molar-refractivity contribution < 1.29 is 19.1 Å². The van der Waals surface area contributed by atoms with E-state index in [1.807, 2.05) is 0 Å². The Balaban J connectivity index is 2.28. The minimum Gasteiger partial charge on any atom is -0.479 e. The van der Waals surface area contributed by atoms with Crippen molar-refractivity contribution >= 4 is 23.2 Å². The summed E-state index contributed by atoms with van der Waals surface area (Å²) in [6, 6.07) is 4.00. The average Bonchev–Trinajstić information content (AvgIpc) is 2.83. The minimum atomic E-state index is -1.44. The summed E-state index contributed by atoms with van der Waals surface area (Å²) in [5.74, 6) is -2.59. The SMILES string of the molecule is Cc1ncsc1C(=O)NC(C(=O)O)c1ccccc1F. The van der Waals surface area contributed by atoms with Gasteiger partial charge in [0.05, 0.1) is 11.2 Å². The predicted molar refractivity (Wildman–Crippen MR) is 71.1 cm³/mol. The maximum absolute atomic E-state index is 13.6. The highest BCUT2D eigenvalue weighted by Gasteiger charge is 2.26. The van der Waals surface area contributed by atoms with Gasteiger partial charge in [-0.15, -0.1) is 11.3 Å². The summed E-state index contributed by atoms with van der Waals surface area (Å²) < 4.78 is 13.6. The number of carboxylic acid groups (broad SMARTS) is 1. The molecule has 1 amide bonds. The predicted octanol–water partition coefficient (Wildman–Crippen LogP) is 2.15. The van der Waals surface area contributed by atoms with E-state index in [9.17, 15) is 19.1 Å². The molecule has 0 spiro atoms. The van der Waals surface area contributed by atoms with E-state index in [2.05, 4.69) is 10.3 Å². The number of hydrogen-bond donors (Lipinski definition) is 2. The third-order valence-electron chi connectivity index (χ3n) is 2.69. The van der Waals surface area contributed by atoms with E-state index in [4.69, 9.17) is 0 Å². The Morgan fingerprint density at radius 1 is 1.40 bits per heavy atom. The molecule has 1 aromatic carbocycles. The van der Waals surface area contributed by atoms with Gasteiger partial charge >= 0.3 is 5.97 Å². The molecule has 1 heterocycles. The Hall–Kier alpha value is -2.28. The lowest BCUT2D eigenvalue weighted by Crippen LogP contribution is -2.34. The second kappa shape index (κ2) is 5.79. The molecule has 0 aliphatic heterocycles. The van der Waals surface area contributed by atoms with Crippen molar-refractivity contribution in [1.82, 2.24) is 10.3 Å². The molecule has 0 fully saturated rings. The molecule has 2 aromatic rings. The van der Waals surface area contributed by atoms with E-state index >= 15 is 0 Å². The Morgan fingerprint density at radius 3 is 2.65 bits per heavy atom. The van der Waals surface area contributed by atoms with E-state index in [0.29, 0.717) is 10.6 Å². The third-order valence-corrected chi connectivity index (χ3v) is 3.62. The Morgan fingerprint density at radius 2 is 2.10 bits per heavy atom. The molecule has 104 valence electrons. The van der Waals surface area contributed by atoms with E-state index < -0.39 is 23.7 Å². The first-order valence-corrected chi connectivity index (χ1v) is 6.57. The average molecular weight is 294 g/mol. The Bertz CT molecular complexity index is 657. The number of carboxylic acids is 1. The number of carbonyl (C=O) groups excluding carboxylic acids is 1. The molecule has 20 heavy (non-hydrogen) atoms. The van der Waals surface area contributed by atoms with Crippen molar-refractivity contribution in [3.8, 4) is 0 Å². The lowest BCUT2D eigenvalue weighted by molar-refractivity contribution is -0.139. The normalized spacial score (nSPS) is 11.9. The van der Waals surface area contributed by atoms with E-state index in [1.54, 1.807) is 6.92 Å². The zero-order chi connectivity index (χ0) is 14.7. The number of benzene rings is 1. The highest BCUT2D eigenvalue weighted by molar-refractivity contribution is 7.11. The van der Waals surface area contributed by atoms with Crippen LogP contribution in [0.25, 0.3) is 0 Å². The summed E-state index contributed by atoms with van der Waals surface area (Å²) in [7, 11) is 0. The maximum atomic E-state index is 13.6. The molecule has 0 saturated carbocycles. The minimum absolute atomic E-state index is 0.0875. The lowest BCUT2D eigenvalue weighted by Gasteiger charge is -2.15. The summed E-state index contributed by atoms with van der Waals surface area (Å²) >= 11 is 1.10. The Labute approximate surface area is 118 Å². The fourth-order valence-corrected chi connectivity index (χ4v) is 2.40. The van der Waals surface area contributed by atoms with Gasteiger partial charge in [-0.1, -0.05) is 18.2 Å². The zero-order valence-corrected chi connectivity index (χ0v) is 11.3. The second-order valence-corrected chi connectivity index (χ2v) is 4.89. The van der Waals surface area contributed by atoms with Gasteiger partial charge < -0.3 is 10.4 Å². The molecule has 0 radical (unpaired) electrons. The molecule has 2 N–H and O–H groups in total. The van der Waals surface area contributed by atoms with Crippen LogP contribution in [-0.4, -0.2) is 22.0 Å². The molecule has 0 bridgehead atoms. The molecule has 1 unspecified atom stereocenters. The van der Waals surface area contributed by atoms with Gasteiger partial charge in [0.15, 0.2) is 6.04 Å². The molecule has 7 heteroatoms. The van der Waals surface area contributed by atoms with Crippen molar-refractivity contribution in [2.45, 2.75) is 13.0 Å². The number of aromatic nitrogens is 1. The van der Waals surface area contributed by atoms with Crippen molar-refractivity contribution in [3.05, 3.63) is 51.7 Å². The van der Waals surface area contributed by atoms with Gasteiger partial charge in [0.2, 0.25) is 0 Å². The van der Waals surface area contributed by atoms with Crippen molar-refractivity contribution in [3.63, 3.8) is 0 Å².